The summed E-state index contributed by atoms with van der Waals surface area (Å²) < 4.78 is 5.27. The molecule has 0 amide bonds. The van der Waals surface area contributed by atoms with Crippen molar-refractivity contribution in [3.63, 3.8) is 0 Å². The van der Waals surface area contributed by atoms with Crippen LogP contribution in [0.4, 0.5) is 5.69 Å². The lowest BCUT2D eigenvalue weighted by atomic mass is 9.98. The lowest BCUT2D eigenvalue weighted by molar-refractivity contribution is -0.141. The molecule has 0 saturated carbocycles. The molecule has 1 atom stereocenters. The van der Waals surface area contributed by atoms with Gasteiger partial charge in [0.25, 0.3) is 0 Å². The smallest absolute Gasteiger partial charge is 0.306 e. The number of hydrogen-bond donors (Lipinski definition) is 1. The summed E-state index contributed by atoms with van der Waals surface area (Å²) >= 11 is 0. The van der Waals surface area contributed by atoms with E-state index >= 15 is 0 Å². The maximum absolute atomic E-state index is 11.1. The highest BCUT2D eigenvalue weighted by Gasteiger charge is 2.19. The van der Waals surface area contributed by atoms with Crippen LogP contribution in [-0.4, -0.2) is 31.3 Å². The molecule has 1 aliphatic rings. The van der Waals surface area contributed by atoms with Gasteiger partial charge in [-0.2, -0.15) is 0 Å². The second kappa shape index (κ2) is 6.64. The van der Waals surface area contributed by atoms with Crippen molar-refractivity contribution in [1.82, 2.24) is 0 Å². The molecule has 20 heavy (non-hydrogen) atoms. The maximum Gasteiger partial charge on any atom is 0.306 e. The van der Waals surface area contributed by atoms with E-state index in [0.29, 0.717) is 6.42 Å². The van der Waals surface area contributed by atoms with E-state index < -0.39 is 5.97 Å². The van der Waals surface area contributed by atoms with Crippen LogP contribution in [0.3, 0.4) is 0 Å². The molecule has 2 rings (SSSR count). The minimum Gasteiger partial charge on any atom is -0.497 e. The normalized spacial score (nSPS) is 16.8. The van der Waals surface area contributed by atoms with Gasteiger partial charge in [-0.3, -0.25) is 4.79 Å². The summed E-state index contributed by atoms with van der Waals surface area (Å²) in [7, 11) is 1.64. The molecule has 4 nitrogen and oxygen atoms in total. The highest BCUT2D eigenvalue weighted by atomic mass is 16.5. The topological polar surface area (TPSA) is 49.8 Å². The number of carboxylic acid groups (broad SMARTS) is 1. The minimum atomic E-state index is -0.752. The van der Waals surface area contributed by atoms with Crippen molar-refractivity contribution in [2.45, 2.75) is 32.6 Å². The van der Waals surface area contributed by atoms with Crippen molar-refractivity contribution in [2.75, 3.05) is 25.1 Å². The van der Waals surface area contributed by atoms with E-state index in [1.807, 2.05) is 12.1 Å². The Bertz CT molecular complexity index is 467. The summed E-state index contributed by atoms with van der Waals surface area (Å²) in [5.74, 6) is -0.346. The van der Waals surface area contributed by atoms with E-state index in [-0.39, 0.29) is 5.92 Å². The molecular weight excluding hydrogens is 254 g/mol. The Labute approximate surface area is 120 Å². The quantitative estimate of drug-likeness (QED) is 0.899. The Kier molecular flexibility index (Phi) is 4.88. The summed E-state index contributed by atoms with van der Waals surface area (Å²) in [6.45, 7) is 3.86. The molecule has 1 heterocycles. The average Bonchev–Trinajstić information content (AvgIpc) is 2.48. The van der Waals surface area contributed by atoms with E-state index in [0.717, 1.165) is 24.4 Å². The number of methoxy groups -OCH3 is 1. The average molecular weight is 277 g/mol. The molecule has 1 aromatic carbocycles. The molecule has 110 valence electrons. The van der Waals surface area contributed by atoms with Crippen LogP contribution in [-0.2, 0) is 11.2 Å². The molecule has 0 spiro atoms. The standard InChI is InChI=1S/C16H23NO3/c1-12(16(18)19)10-13-11-14(20-2)6-7-15(13)17-8-4-3-5-9-17/h6-7,11-12H,3-5,8-10H2,1-2H3,(H,18,19). The maximum atomic E-state index is 11.1. The van der Waals surface area contributed by atoms with Crippen molar-refractivity contribution in [1.29, 1.82) is 0 Å². The third-order valence-electron chi connectivity index (χ3n) is 3.93. The van der Waals surface area contributed by atoms with E-state index in [4.69, 9.17) is 9.84 Å². The third kappa shape index (κ3) is 3.44. The molecule has 1 N–H and O–H groups in total. The number of hydrogen-bond acceptors (Lipinski definition) is 3. The van der Waals surface area contributed by atoms with Crippen LogP contribution in [0.5, 0.6) is 5.75 Å². The van der Waals surface area contributed by atoms with Gasteiger partial charge in [-0.15, -0.1) is 0 Å². The number of nitrogens with zero attached hydrogens (tertiary/aromatic N) is 1. The fourth-order valence-electron chi connectivity index (χ4n) is 2.71. The number of carbonyl (C=O) groups is 1. The Morgan fingerprint density at radius 3 is 2.65 bits per heavy atom. The third-order valence-corrected chi connectivity index (χ3v) is 3.93. The van der Waals surface area contributed by atoms with Gasteiger partial charge in [0.1, 0.15) is 5.75 Å². The molecular formula is C16H23NO3. The van der Waals surface area contributed by atoms with Crippen LogP contribution >= 0.6 is 0 Å². The van der Waals surface area contributed by atoms with E-state index in [1.54, 1.807) is 14.0 Å². The zero-order chi connectivity index (χ0) is 14.5. The van der Waals surface area contributed by atoms with Gasteiger partial charge in [-0.05, 0) is 49.4 Å². The SMILES string of the molecule is COc1ccc(N2CCCCC2)c(CC(C)C(=O)O)c1. The minimum absolute atomic E-state index is 0.384. The molecule has 0 aliphatic carbocycles. The molecule has 0 radical (unpaired) electrons. The zero-order valence-corrected chi connectivity index (χ0v) is 12.3. The number of carboxylic acids is 1. The van der Waals surface area contributed by atoms with E-state index in [1.165, 1.54) is 24.9 Å². The van der Waals surface area contributed by atoms with Crippen molar-refractivity contribution in [3.05, 3.63) is 23.8 Å². The summed E-state index contributed by atoms with van der Waals surface area (Å²) in [4.78, 5) is 13.5. The molecule has 1 aromatic rings. The monoisotopic (exact) mass is 277 g/mol. The van der Waals surface area contributed by atoms with Crippen molar-refractivity contribution < 1.29 is 14.6 Å². The van der Waals surface area contributed by atoms with Crippen LogP contribution in [0.2, 0.25) is 0 Å². The number of rotatable bonds is 5. The van der Waals surface area contributed by atoms with E-state index in [9.17, 15) is 4.79 Å². The predicted molar refractivity (Wildman–Crippen MR) is 79.6 cm³/mol. The second-order valence-electron chi connectivity index (χ2n) is 5.49. The van der Waals surface area contributed by atoms with Crippen LogP contribution in [0.25, 0.3) is 0 Å². The summed E-state index contributed by atoms with van der Waals surface area (Å²) in [5, 5.41) is 9.13. The highest BCUT2D eigenvalue weighted by molar-refractivity contribution is 5.71. The molecule has 1 saturated heterocycles. The summed E-state index contributed by atoms with van der Waals surface area (Å²) in [6.07, 6.45) is 4.24. The van der Waals surface area contributed by atoms with E-state index in [2.05, 4.69) is 11.0 Å². The Morgan fingerprint density at radius 1 is 1.35 bits per heavy atom. The summed E-state index contributed by atoms with van der Waals surface area (Å²) in [6, 6.07) is 6.00. The molecule has 0 bridgehead atoms. The van der Waals surface area contributed by atoms with Gasteiger partial charge in [-0.25, -0.2) is 0 Å². The highest BCUT2D eigenvalue weighted by Crippen LogP contribution is 2.29. The Morgan fingerprint density at radius 2 is 2.05 bits per heavy atom. The lowest BCUT2D eigenvalue weighted by Gasteiger charge is -2.31. The van der Waals surface area contributed by atoms with Crippen LogP contribution in [0.15, 0.2) is 18.2 Å². The van der Waals surface area contributed by atoms with Gasteiger partial charge in [-0.1, -0.05) is 6.92 Å². The molecule has 1 aliphatic heterocycles. The first-order valence-electron chi connectivity index (χ1n) is 7.26. The predicted octanol–water partition coefficient (Wildman–Crippen LogP) is 2.95. The van der Waals surface area contributed by atoms with Gasteiger partial charge in [0.15, 0.2) is 0 Å². The molecule has 1 fully saturated rings. The number of aliphatic carboxylic acids is 1. The summed E-state index contributed by atoms with van der Waals surface area (Å²) in [5.41, 5.74) is 2.24. The molecule has 0 aromatic heterocycles. The molecule has 4 heteroatoms. The van der Waals surface area contributed by atoms with Gasteiger partial charge >= 0.3 is 5.97 Å². The fourth-order valence-corrected chi connectivity index (χ4v) is 2.71. The number of ether oxygens (including phenoxy) is 1. The first-order chi connectivity index (χ1) is 9.61. The second-order valence-corrected chi connectivity index (χ2v) is 5.49. The van der Waals surface area contributed by atoms with Gasteiger partial charge in [0.05, 0.1) is 13.0 Å². The van der Waals surface area contributed by atoms with Gasteiger partial charge in [0.2, 0.25) is 0 Å². The van der Waals surface area contributed by atoms with Crippen molar-refractivity contribution >= 4 is 11.7 Å². The van der Waals surface area contributed by atoms with Crippen LogP contribution in [0.1, 0.15) is 31.7 Å². The first-order valence-corrected chi connectivity index (χ1v) is 7.26. The Balaban J connectivity index is 2.26. The Hall–Kier alpha value is -1.71. The van der Waals surface area contributed by atoms with Gasteiger partial charge in [0, 0.05) is 18.8 Å². The van der Waals surface area contributed by atoms with Crippen LogP contribution in [0, 0.1) is 5.92 Å². The zero-order valence-electron chi connectivity index (χ0n) is 12.3. The van der Waals surface area contributed by atoms with Crippen molar-refractivity contribution in [3.8, 4) is 5.75 Å². The largest absolute Gasteiger partial charge is 0.497 e. The van der Waals surface area contributed by atoms with Crippen LogP contribution < -0.4 is 9.64 Å². The number of anilines is 1. The fraction of sp³-hybridized carbons (Fsp3) is 0.562. The lowest BCUT2D eigenvalue weighted by Crippen LogP contribution is -2.30. The first kappa shape index (κ1) is 14.7. The van der Waals surface area contributed by atoms with Gasteiger partial charge < -0.3 is 14.7 Å². The number of benzene rings is 1. The number of piperidine rings is 1. The van der Waals surface area contributed by atoms with Crippen molar-refractivity contribution in [2.24, 2.45) is 5.92 Å². The molecule has 1 unspecified atom stereocenters.